The second-order valence-electron chi connectivity index (χ2n) is 12.4. The van der Waals surface area contributed by atoms with Crippen molar-refractivity contribution < 1.29 is 28.5 Å². The van der Waals surface area contributed by atoms with Crippen LogP contribution in [0.2, 0.25) is 0 Å². The van der Waals surface area contributed by atoms with Gasteiger partial charge in [0.05, 0.1) is 12.4 Å². The van der Waals surface area contributed by atoms with Gasteiger partial charge in [-0.2, -0.15) is 9.97 Å². The van der Waals surface area contributed by atoms with Crippen molar-refractivity contribution in [3.05, 3.63) is 69.8 Å². The third kappa shape index (κ3) is 9.24. The molecular weight excluding hydrogens is 702 g/mol. The van der Waals surface area contributed by atoms with Crippen molar-refractivity contribution in [2.75, 3.05) is 70.2 Å². The second-order valence-corrected chi connectivity index (χ2v) is 12.4. The van der Waals surface area contributed by atoms with Gasteiger partial charge < -0.3 is 56.6 Å². The van der Waals surface area contributed by atoms with Crippen molar-refractivity contribution in [2.45, 2.75) is 25.9 Å². The fraction of sp³-hybridized carbons (Fsp3) is 0.371. The fourth-order valence-electron chi connectivity index (χ4n) is 5.68. The molecule has 4 aromatic rings. The van der Waals surface area contributed by atoms with Crippen molar-refractivity contribution >= 4 is 34.8 Å². The van der Waals surface area contributed by atoms with Crippen LogP contribution in [0.3, 0.4) is 0 Å². The van der Waals surface area contributed by atoms with Crippen LogP contribution < -0.4 is 63.1 Å². The molecule has 286 valence electrons. The summed E-state index contributed by atoms with van der Waals surface area (Å²) in [6.45, 7) is 3.06. The van der Waals surface area contributed by atoms with Gasteiger partial charge in [-0.3, -0.25) is 18.7 Å². The number of nitrogens with one attached hydrogen (secondary N) is 4. The predicted molar refractivity (Wildman–Crippen MR) is 198 cm³/mol. The average Bonchev–Trinajstić information content (AvgIpc) is 3.15. The summed E-state index contributed by atoms with van der Waals surface area (Å²) in [6.07, 6.45) is 4.23. The largest absolute Gasteiger partial charge is 0.490 e. The van der Waals surface area contributed by atoms with E-state index in [0.29, 0.717) is 111 Å². The van der Waals surface area contributed by atoms with E-state index in [1.165, 1.54) is 21.5 Å². The maximum atomic E-state index is 12.7. The number of hydrogen-bond donors (Lipinski definition) is 6. The van der Waals surface area contributed by atoms with E-state index in [1.807, 2.05) is 7.05 Å². The van der Waals surface area contributed by atoms with Crippen molar-refractivity contribution in [1.29, 1.82) is 0 Å². The molecule has 8 N–H and O–H groups in total. The highest BCUT2D eigenvalue weighted by molar-refractivity contribution is 5.79. The third-order valence-electron chi connectivity index (χ3n) is 8.28. The van der Waals surface area contributed by atoms with Gasteiger partial charge in [0, 0.05) is 26.2 Å². The second kappa shape index (κ2) is 17.6. The van der Waals surface area contributed by atoms with Crippen LogP contribution in [0.25, 0.3) is 0 Å². The van der Waals surface area contributed by atoms with E-state index in [-0.39, 0.29) is 36.5 Å². The lowest BCUT2D eigenvalue weighted by Gasteiger charge is -2.23. The number of benzene rings is 2. The normalized spacial score (nSPS) is 12.1. The van der Waals surface area contributed by atoms with Gasteiger partial charge in [-0.05, 0) is 57.2 Å². The van der Waals surface area contributed by atoms with Crippen LogP contribution >= 0.6 is 0 Å². The van der Waals surface area contributed by atoms with Gasteiger partial charge in [-0.1, -0.05) is 12.1 Å². The number of nitrogens with two attached hydrogens (primary N) is 2. The number of fused-ring (bicyclic) bond motifs is 4. The minimum atomic E-state index is -0.608. The predicted octanol–water partition coefficient (Wildman–Crippen LogP) is 0.818. The molecular formula is C35H43N11O8. The Morgan fingerprint density at radius 3 is 1.61 bits per heavy atom. The zero-order valence-electron chi connectivity index (χ0n) is 29.8. The number of anilines is 4. The summed E-state index contributed by atoms with van der Waals surface area (Å²) >= 11 is 0. The smallest absolute Gasteiger partial charge is 0.350 e. The van der Waals surface area contributed by atoms with E-state index >= 15 is 0 Å². The van der Waals surface area contributed by atoms with Crippen LogP contribution in [-0.2, 0) is 22.7 Å². The molecule has 0 bridgehead atoms. The monoisotopic (exact) mass is 745 g/mol. The molecule has 0 saturated heterocycles. The minimum absolute atomic E-state index is 0.220. The van der Waals surface area contributed by atoms with Crippen LogP contribution in [0.1, 0.15) is 12.8 Å². The first-order valence-corrected chi connectivity index (χ1v) is 17.5. The number of aromatic nitrogens is 4. The summed E-state index contributed by atoms with van der Waals surface area (Å²) in [5.41, 5.74) is 11.0. The van der Waals surface area contributed by atoms with Crippen LogP contribution in [-0.4, -0.2) is 95.3 Å². The Bertz CT molecular complexity index is 1960. The molecule has 2 aliphatic rings. The van der Waals surface area contributed by atoms with Gasteiger partial charge >= 0.3 is 11.4 Å². The summed E-state index contributed by atoms with van der Waals surface area (Å²) < 4.78 is 25.6. The fourth-order valence-corrected chi connectivity index (χ4v) is 5.68. The van der Waals surface area contributed by atoms with Crippen molar-refractivity contribution in [1.82, 2.24) is 34.6 Å². The lowest BCUT2D eigenvalue weighted by atomic mass is 10.2. The van der Waals surface area contributed by atoms with E-state index in [1.54, 1.807) is 36.4 Å². The van der Waals surface area contributed by atoms with Crippen LogP contribution in [0, 0.1) is 0 Å². The zero-order valence-corrected chi connectivity index (χ0v) is 29.8. The molecule has 0 aliphatic carbocycles. The molecule has 19 nitrogen and oxygen atoms in total. The number of para-hydroxylation sites is 2. The van der Waals surface area contributed by atoms with Gasteiger partial charge in [0.25, 0.3) is 0 Å². The quantitative estimate of drug-likeness (QED) is 0.0667. The number of rotatable bonds is 18. The molecule has 2 aromatic heterocycles. The lowest BCUT2D eigenvalue weighted by Crippen LogP contribution is -2.36. The van der Waals surface area contributed by atoms with Gasteiger partial charge in [-0.25, -0.2) is 9.59 Å². The molecule has 0 radical (unpaired) electrons. The van der Waals surface area contributed by atoms with Crippen LogP contribution in [0.15, 0.2) is 58.4 Å². The van der Waals surface area contributed by atoms with E-state index in [4.69, 9.17) is 30.4 Å². The summed E-state index contributed by atoms with van der Waals surface area (Å²) in [5, 5.41) is 11.8. The molecule has 2 amide bonds. The standard InChI is InChI=1S/C35H43N11O8/c1-44(14-4-12-38-28(47)20-45-18-26-32(42-34(45)49)40-30-22(51-16-10-36)6-2-8-24(30)53-26)15-5-13-39-29(48)21-46-19-27-33(43-35(46)50)41-31-23(52-17-11-37)7-3-9-25(31)54-27/h2-3,6-9,18-19H,4-5,10-17,20-21,36-37H2,1H3,(H,38,47)(H,39,48)(H,40,42,49)(H,41,43,50). The van der Waals surface area contributed by atoms with Gasteiger partial charge in [-0.15, -0.1) is 0 Å². The van der Waals surface area contributed by atoms with E-state index < -0.39 is 11.4 Å². The molecule has 0 unspecified atom stereocenters. The third-order valence-corrected chi connectivity index (χ3v) is 8.28. The Kier molecular flexibility index (Phi) is 12.2. The van der Waals surface area contributed by atoms with Crippen LogP contribution in [0.5, 0.6) is 34.5 Å². The summed E-state index contributed by atoms with van der Waals surface area (Å²) in [7, 11) is 1.94. The molecule has 19 heteroatoms. The first-order valence-electron chi connectivity index (χ1n) is 17.5. The molecule has 2 aliphatic heterocycles. The topological polar surface area (TPSA) is 244 Å². The van der Waals surface area contributed by atoms with E-state index in [9.17, 15) is 19.2 Å². The van der Waals surface area contributed by atoms with Gasteiger partial charge in [0.1, 0.15) is 49.2 Å². The lowest BCUT2D eigenvalue weighted by molar-refractivity contribution is -0.122. The number of hydrogen-bond acceptors (Lipinski definition) is 15. The first kappa shape index (κ1) is 37.6. The first-order chi connectivity index (χ1) is 26.2. The molecule has 0 spiro atoms. The molecule has 0 fully saturated rings. The van der Waals surface area contributed by atoms with Crippen LogP contribution in [0.4, 0.5) is 23.0 Å². The number of ether oxygens (including phenoxy) is 4. The van der Waals surface area contributed by atoms with Crippen molar-refractivity contribution in [3.63, 3.8) is 0 Å². The molecule has 54 heavy (non-hydrogen) atoms. The van der Waals surface area contributed by atoms with E-state index in [0.717, 1.165) is 0 Å². The SMILES string of the molecule is CN(CCCNC(=O)Cn1cc2c(nc1=O)Nc1c(OCCN)cccc1O2)CCCNC(=O)Cn1cc2c(nc1=O)Nc1c(OCCN)cccc1O2. The highest BCUT2D eigenvalue weighted by Crippen LogP contribution is 2.46. The maximum absolute atomic E-state index is 12.7. The Labute approximate surface area is 309 Å². The number of carbonyl (C=O) groups is 2. The molecule has 4 heterocycles. The Morgan fingerprint density at radius 1 is 0.741 bits per heavy atom. The Balaban J connectivity index is 0.879. The zero-order chi connectivity index (χ0) is 38.0. The highest BCUT2D eigenvalue weighted by atomic mass is 16.5. The molecule has 2 aromatic carbocycles. The number of carbonyl (C=O) groups excluding carboxylic acids is 2. The summed E-state index contributed by atoms with van der Waals surface area (Å²) in [6, 6.07) is 10.6. The maximum Gasteiger partial charge on any atom is 0.350 e. The number of nitrogens with zero attached hydrogens (tertiary/aromatic N) is 5. The molecule has 0 atom stereocenters. The summed E-state index contributed by atoms with van der Waals surface area (Å²) in [4.78, 5) is 60.8. The van der Waals surface area contributed by atoms with E-state index in [2.05, 4.69) is 36.1 Å². The molecule has 0 saturated carbocycles. The highest BCUT2D eigenvalue weighted by Gasteiger charge is 2.25. The Morgan fingerprint density at radius 2 is 1.19 bits per heavy atom. The minimum Gasteiger partial charge on any atom is -0.490 e. The summed E-state index contributed by atoms with van der Waals surface area (Å²) in [5.74, 6) is 2.40. The van der Waals surface area contributed by atoms with Crippen molar-refractivity contribution in [2.24, 2.45) is 11.5 Å². The Hall–Kier alpha value is -6.18. The number of amides is 2. The molecule has 6 rings (SSSR count). The average molecular weight is 746 g/mol. The van der Waals surface area contributed by atoms with Gasteiger partial charge in [0.15, 0.2) is 34.6 Å². The van der Waals surface area contributed by atoms with Crippen molar-refractivity contribution in [3.8, 4) is 34.5 Å². The van der Waals surface area contributed by atoms with Gasteiger partial charge in [0.2, 0.25) is 11.8 Å².